The van der Waals surface area contributed by atoms with Crippen LogP contribution in [-0.4, -0.2) is 34.2 Å². The van der Waals surface area contributed by atoms with E-state index in [0.29, 0.717) is 17.4 Å². The summed E-state index contributed by atoms with van der Waals surface area (Å²) >= 11 is 0. The molecule has 0 aliphatic rings. The van der Waals surface area contributed by atoms with E-state index in [0.717, 1.165) is 34.0 Å². The van der Waals surface area contributed by atoms with Gasteiger partial charge in [0.05, 0.1) is 31.7 Å². The maximum Gasteiger partial charge on any atom is 0.227 e. The number of hydrogen-bond acceptors (Lipinski definition) is 6. The number of rotatable bonds is 6. The van der Waals surface area contributed by atoms with Crippen LogP contribution < -0.4 is 14.8 Å². The minimum atomic E-state index is 0.466. The molecule has 0 aliphatic carbocycles. The van der Waals surface area contributed by atoms with Crippen LogP contribution in [0.25, 0.3) is 22.6 Å². The van der Waals surface area contributed by atoms with E-state index in [1.54, 1.807) is 20.4 Å². The maximum atomic E-state index is 5.56. The summed E-state index contributed by atoms with van der Waals surface area (Å²) in [7, 11) is 3.24. The third-order valence-corrected chi connectivity index (χ3v) is 4.44. The van der Waals surface area contributed by atoms with Gasteiger partial charge in [-0.3, -0.25) is 0 Å². The van der Waals surface area contributed by atoms with Crippen molar-refractivity contribution in [3.8, 4) is 34.1 Å². The highest BCUT2D eigenvalue weighted by Gasteiger charge is 2.13. The molecule has 4 rings (SSSR count). The summed E-state index contributed by atoms with van der Waals surface area (Å²) in [6.45, 7) is 1.94. The smallest absolute Gasteiger partial charge is 0.227 e. The Kier molecular flexibility index (Phi) is 5.11. The molecule has 4 aromatic rings. The van der Waals surface area contributed by atoms with Gasteiger partial charge in [0.25, 0.3) is 0 Å². The van der Waals surface area contributed by atoms with Crippen LogP contribution in [0.1, 0.15) is 5.69 Å². The Morgan fingerprint density at radius 2 is 1.72 bits per heavy atom. The first-order valence-electron chi connectivity index (χ1n) is 9.12. The second kappa shape index (κ2) is 8.02. The van der Waals surface area contributed by atoms with E-state index in [4.69, 9.17) is 9.47 Å². The maximum absolute atomic E-state index is 5.56. The van der Waals surface area contributed by atoms with Crippen LogP contribution in [0.15, 0.2) is 60.9 Å². The van der Waals surface area contributed by atoms with Gasteiger partial charge in [0.1, 0.15) is 17.3 Å². The van der Waals surface area contributed by atoms with Gasteiger partial charge in [-0.1, -0.05) is 30.3 Å². The molecule has 7 heteroatoms. The van der Waals surface area contributed by atoms with Crippen LogP contribution in [0, 0.1) is 6.92 Å². The van der Waals surface area contributed by atoms with Gasteiger partial charge in [-0.15, -0.1) is 0 Å². The number of benzene rings is 2. The predicted octanol–water partition coefficient (Wildman–Crippen LogP) is 4.60. The standard InChI is InChI=1S/C22H21N5O2/c1-14-12-23-21(25-14)17-10-9-16(11-18(17)28-2)26-22-24-13-19(29-3)20(27-22)15-7-5-4-6-8-15/h4-13H,1-3H3,(H,23,25)(H,24,26,27). The van der Waals surface area contributed by atoms with Crippen molar-refractivity contribution in [2.24, 2.45) is 0 Å². The highest BCUT2D eigenvalue weighted by Crippen LogP contribution is 2.32. The lowest BCUT2D eigenvalue weighted by atomic mass is 10.1. The van der Waals surface area contributed by atoms with E-state index >= 15 is 0 Å². The lowest BCUT2D eigenvalue weighted by molar-refractivity contribution is 0.413. The molecule has 2 N–H and O–H groups in total. The molecular formula is C22H21N5O2. The summed E-state index contributed by atoms with van der Waals surface area (Å²) in [6.07, 6.45) is 3.52. The minimum absolute atomic E-state index is 0.466. The third kappa shape index (κ3) is 3.89. The van der Waals surface area contributed by atoms with Crippen LogP contribution in [-0.2, 0) is 0 Å². The van der Waals surface area contributed by atoms with Crippen molar-refractivity contribution >= 4 is 11.6 Å². The van der Waals surface area contributed by atoms with Gasteiger partial charge in [-0.25, -0.2) is 15.0 Å². The molecule has 0 aliphatic heterocycles. The molecule has 0 unspecified atom stereocenters. The van der Waals surface area contributed by atoms with Crippen molar-refractivity contribution in [3.63, 3.8) is 0 Å². The first kappa shape index (κ1) is 18.5. The summed E-state index contributed by atoms with van der Waals surface area (Å²) in [4.78, 5) is 16.6. The quantitative estimate of drug-likeness (QED) is 0.503. The Hall–Kier alpha value is -3.87. The SMILES string of the molecule is COc1cc(Nc2ncc(OC)c(-c3ccccc3)n2)ccc1-c1nc(C)c[nH]1. The molecule has 0 saturated heterocycles. The summed E-state index contributed by atoms with van der Waals surface area (Å²) in [5, 5.41) is 3.24. The summed E-state index contributed by atoms with van der Waals surface area (Å²) in [6, 6.07) is 15.6. The van der Waals surface area contributed by atoms with Crippen LogP contribution in [0.5, 0.6) is 11.5 Å². The van der Waals surface area contributed by atoms with Crippen molar-refractivity contribution in [2.45, 2.75) is 6.92 Å². The lowest BCUT2D eigenvalue weighted by Gasteiger charge is -2.12. The van der Waals surface area contributed by atoms with Crippen molar-refractivity contribution < 1.29 is 9.47 Å². The molecule has 7 nitrogen and oxygen atoms in total. The van der Waals surface area contributed by atoms with Crippen molar-refractivity contribution in [1.82, 2.24) is 19.9 Å². The molecule has 0 radical (unpaired) electrons. The van der Waals surface area contributed by atoms with Gasteiger partial charge < -0.3 is 19.8 Å². The highest BCUT2D eigenvalue weighted by atomic mass is 16.5. The fourth-order valence-corrected chi connectivity index (χ4v) is 3.03. The van der Waals surface area contributed by atoms with Crippen LogP contribution >= 0.6 is 0 Å². The Labute approximate surface area is 168 Å². The number of nitrogens with zero attached hydrogens (tertiary/aromatic N) is 3. The Balaban J connectivity index is 1.66. The van der Waals surface area contributed by atoms with Gasteiger partial charge in [-0.2, -0.15) is 0 Å². The van der Waals surface area contributed by atoms with E-state index in [2.05, 4.69) is 25.3 Å². The Bertz CT molecular complexity index is 1130. The number of nitrogens with one attached hydrogen (secondary N) is 2. The molecule has 2 aromatic carbocycles. The number of aryl methyl sites for hydroxylation is 1. The third-order valence-electron chi connectivity index (χ3n) is 4.44. The van der Waals surface area contributed by atoms with Crippen LogP contribution in [0.4, 0.5) is 11.6 Å². The van der Waals surface area contributed by atoms with E-state index < -0.39 is 0 Å². The van der Waals surface area contributed by atoms with Crippen molar-refractivity contribution in [1.29, 1.82) is 0 Å². The van der Waals surface area contributed by atoms with Crippen molar-refractivity contribution in [2.75, 3.05) is 19.5 Å². The molecule has 2 heterocycles. The predicted molar refractivity (Wildman–Crippen MR) is 113 cm³/mol. The first-order valence-corrected chi connectivity index (χ1v) is 9.12. The van der Waals surface area contributed by atoms with Gasteiger partial charge >= 0.3 is 0 Å². The normalized spacial score (nSPS) is 10.6. The first-order chi connectivity index (χ1) is 14.2. The van der Waals surface area contributed by atoms with Gasteiger partial charge in [0.15, 0.2) is 5.75 Å². The molecule has 29 heavy (non-hydrogen) atoms. The number of anilines is 2. The van der Waals surface area contributed by atoms with Gasteiger partial charge in [-0.05, 0) is 19.1 Å². The zero-order chi connectivity index (χ0) is 20.2. The number of aromatic nitrogens is 4. The summed E-state index contributed by atoms with van der Waals surface area (Å²) in [5.74, 6) is 2.54. The van der Waals surface area contributed by atoms with Gasteiger partial charge in [0, 0.05) is 23.5 Å². The fourth-order valence-electron chi connectivity index (χ4n) is 3.03. The number of methoxy groups -OCH3 is 2. The lowest BCUT2D eigenvalue weighted by Crippen LogP contribution is -2.01. The largest absolute Gasteiger partial charge is 0.496 e. The van der Waals surface area contributed by atoms with E-state index in [9.17, 15) is 0 Å². The van der Waals surface area contributed by atoms with Crippen LogP contribution in [0.2, 0.25) is 0 Å². The van der Waals surface area contributed by atoms with Crippen LogP contribution in [0.3, 0.4) is 0 Å². The zero-order valence-electron chi connectivity index (χ0n) is 16.4. The van der Waals surface area contributed by atoms with E-state index in [1.165, 1.54) is 0 Å². The minimum Gasteiger partial charge on any atom is -0.496 e. The number of aromatic amines is 1. The summed E-state index contributed by atoms with van der Waals surface area (Å²) < 4.78 is 11.0. The molecule has 0 fully saturated rings. The second-order valence-electron chi connectivity index (χ2n) is 6.41. The van der Waals surface area contributed by atoms with E-state index in [-0.39, 0.29) is 0 Å². The number of hydrogen-bond donors (Lipinski definition) is 2. The highest BCUT2D eigenvalue weighted by molar-refractivity contribution is 5.72. The average Bonchev–Trinajstić information content (AvgIpc) is 3.20. The van der Waals surface area contributed by atoms with E-state index in [1.807, 2.05) is 61.7 Å². The number of imidazole rings is 1. The average molecular weight is 387 g/mol. The number of ether oxygens (including phenoxy) is 2. The fraction of sp³-hybridized carbons (Fsp3) is 0.136. The molecule has 0 bridgehead atoms. The van der Waals surface area contributed by atoms with Crippen molar-refractivity contribution in [3.05, 3.63) is 66.6 Å². The number of H-pyrrole nitrogens is 1. The topological polar surface area (TPSA) is 84.9 Å². The molecule has 0 saturated carbocycles. The summed E-state index contributed by atoms with van der Waals surface area (Å²) in [5.41, 5.74) is 4.28. The Morgan fingerprint density at radius 1 is 0.931 bits per heavy atom. The van der Waals surface area contributed by atoms with Gasteiger partial charge in [0.2, 0.25) is 5.95 Å². The molecule has 146 valence electrons. The molecule has 2 aromatic heterocycles. The Morgan fingerprint density at radius 3 is 2.41 bits per heavy atom. The molecule has 0 amide bonds. The zero-order valence-corrected chi connectivity index (χ0v) is 16.4. The molecule has 0 atom stereocenters. The molecular weight excluding hydrogens is 366 g/mol. The second-order valence-corrected chi connectivity index (χ2v) is 6.41. The monoisotopic (exact) mass is 387 g/mol. The molecule has 0 spiro atoms.